The number of Topliss-reactive ketones (excluding diaryl/α,β-unsaturated/α-hetero) is 1. The Labute approximate surface area is 153 Å². The maximum Gasteiger partial charge on any atom is 0.416 e. The van der Waals surface area contributed by atoms with Crippen molar-refractivity contribution in [3.8, 4) is 5.75 Å². The van der Waals surface area contributed by atoms with Crippen LogP contribution in [0.4, 0.5) is 13.2 Å². The van der Waals surface area contributed by atoms with Gasteiger partial charge in [0.25, 0.3) is 0 Å². The molecule has 7 heteroatoms. The first-order chi connectivity index (χ1) is 12.8. The maximum absolute atomic E-state index is 13.0. The van der Waals surface area contributed by atoms with Crippen molar-refractivity contribution in [2.24, 2.45) is 5.92 Å². The largest absolute Gasteiger partial charge is 0.489 e. The zero-order valence-corrected chi connectivity index (χ0v) is 14.3. The van der Waals surface area contributed by atoms with E-state index in [1.165, 1.54) is 36.4 Å². The van der Waals surface area contributed by atoms with Crippen molar-refractivity contribution in [2.45, 2.75) is 32.0 Å². The standard InChI is InChI=1S/C20H17F3O4/c21-20(22,23)17-4-2-1-3-14(17)11-27-15-8-7-13(16(10-15)19(25)26)9-18(24)12-5-6-12/h1-4,7-8,10,12H,5-6,9,11H2,(H,25,26). The summed E-state index contributed by atoms with van der Waals surface area (Å²) >= 11 is 0. The van der Waals surface area contributed by atoms with Crippen molar-refractivity contribution in [2.75, 3.05) is 0 Å². The van der Waals surface area contributed by atoms with Crippen LogP contribution in [-0.4, -0.2) is 16.9 Å². The Balaban J connectivity index is 1.77. The topological polar surface area (TPSA) is 63.6 Å². The van der Waals surface area contributed by atoms with Gasteiger partial charge in [-0.1, -0.05) is 24.3 Å². The number of carboxylic acid groups (broad SMARTS) is 1. The van der Waals surface area contributed by atoms with Crippen molar-refractivity contribution in [3.63, 3.8) is 0 Å². The summed E-state index contributed by atoms with van der Waals surface area (Å²) in [6, 6.07) is 9.24. The number of carbonyl (C=O) groups is 2. The molecule has 0 aliphatic heterocycles. The van der Waals surface area contributed by atoms with Gasteiger partial charge in [0.05, 0.1) is 11.1 Å². The van der Waals surface area contributed by atoms with E-state index in [0.717, 1.165) is 18.9 Å². The van der Waals surface area contributed by atoms with E-state index >= 15 is 0 Å². The molecule has 0 unspecified atom stereocenters. The molecule has 1 fully saturated rings. The van der Waals surface area contributed by atoms with Gasteiger partial charge in [0, 0.05) is 17.9 Å². The number of hydrogen-bond donors (Lipinski definition) is 1. The zero-order valence-electron chi connectivity index (χ0n) is 14.3. The van der Waals surface area contributed by atoms with Crippen LogP contribution in [0.25, 0.3) is 0 Å². The maximum atomic E-state index is 13.0. The quantitative estimate of drug-likeness (QED) is 0.770. The number of carboxylic acids is 1. The second-order valence-electron chi connectivity index (χ2n) is 6.49. The third-order valence-electron chi connectivity index (χ3n) is 4.43. The van der Waals surface area contributed by atoms with Crippen LogP contribution < -0.4 is 4.74 Å². The first-order valence-corrected chi connectivity index (χ1v) is 8.42. The van der Waals surface area contributed by atoms with E-state index in [4.69, 9.17) is 4.74 Å². The van der Waals surface area contributed by atoms with Gasteiger partial charge in [-0.05, 0) is 36.6 Å². The Morgan fingerprint density at radius 3 is 2.41 bits per heavy atom. The molecule has 2 aromatic carbocycles. The summed E-state index contributed by atoms with van der Waals surface area (Å²) in [6.07, 6.45) is -2.80. The predicted octanol–water partition coefficient (Wildman–Crippen LogP) is 4.50. The molecule has 0 heterocycles. The molecule has 0 saturated heterocycles. The SMILES string of the molecule is O=C(O)c1cc(OCc2ccccc2C(F)(F)F)ccc1CC(=O)C1CC1. The lowest BCUT2D eigenvalue weighted by Gasteiger charge is -2.14. The monoisotopic (exact) mass is 378 g/mol. The number of carbonyl (C=O) groups excluding carboxylic acids is 1. The summed E-state index contributed by atoms with van der Waals surface area (Å²) < 4.78 is 44.5. The van der Waals surface area contributed by atoms with Crippen LogP contribution >= 0.6 is 0 Å². The van der Waals surface area contributed by atoms with Gasteiger partial charge in [-0.15, -0.1) is 0 Å². The smallest absolute Gasteiger partial charge is 0.416 e. The van der Waals surface area contributed by atoms with Gasteiger partial charge < -0.3 is 9.84 Å². The summed E-state index contributed by atoms with van der Waals surface area (Å²) in [5, 5.41) is 9.38. The lowest BCUT2D eigenvalue weighted by Crippen LogP contribution is -2.12. The third kappa shape index (κ3) is 4.67. The molecular weight excluding hydrogens is 361 g/mol. The van der Waals surface area contributed by atoms with Gasteiger partial charge >= 0.3 is 12.1 Å². The van der Waals surface area contributed by atoms with Crippen molar-refractivity contribution >= 4 is 11.8 Å². The Hall–Kier alpha value is -2.83. The molecule has 1 saturated carbocycles. The van der Waals surface area contributed by atoms with E-state index in [9.17, 15) is 27.9 Å². The van der Waals surface area contributed by atoms with Crippen LogP contribution in [0.2, 0.25) is 0 Å². The van der Waals surface area contributed by atoms with Gasteiger partial charge in [-0.2, -0.15) is 13.2 Å². The fraction of sp³-hybridized carbons (Fsp3) is 0.300. The number of ether oxygens (including phenoxy) is 1. The molecule has 1 aliphatic rings. The molecule has 1 N–H and O–H groups in total. The van der Waals surface area contributed by atoms with E-state index < -0.39 is 17.7 Å². The van der Waals surface area contributed by atoms with Crippen molar-refractivity contribution < 1.29 is 32.6 Å². The first-order valence-electron chi connectivity index (χ1n) is 8.42. The Morgan fingerprint density at radius 1 is 1.07 bits per heavy atom. The minimum Gasteiger partial charge on any atom is -0.489 e. The molecule has 0 radical (unpaired) electrons. The number of benzene rings is 2. The first kappa shape index (κ1) is 18.9. The molecule has 142 valence electrons. The molecule has 4 nitrogen and oxygen atoms in total. The van der Waals surface area contributed by atoms with Crippen LogP contribution in [0.1, 0.15) is 39.9 Å². The molecule has 2 aromatic rings. The number of aromatic carboxylic acids is 1. The van der Waals surface area contributed by atoms with Gasteiger partial charge in [0.1, 0.15) is 18.1 Å². The van der Waals surface area contributed by atoms with E-state index in [1.54, 1.807) is 0 Å². The minimum absolute atomic E-state index is 0.00488. The van der Waals surface area contributed by atoms with Crippen molar-refractivity contribution in [1.29, 1.82) is 0 Å². The van der Waals surface area contributed by atoms with Crippen molar-refractivity contribution in [1.82, 2.24) is 0 Å². The molecule has 1 aliphatic carbocycles. The molecule has 0 amide bonds. The molecule has 0 atom stereocenters. The number of rotatable bonds is 7. The fourth-order valence-electron chi connectivity index (χ4n) is 2.82. The second kappa shape index (κ2) is 7.42. The summed E-state index contributed by atoms with van der Waals surface area (Å²) in [6.45, 7) is -0.352. The van der Waals surface area contributed by atoms with E-state index in [-0.39, 0.29) is 41.6 Å². The normalized spacial score (nSPS) is 14.0. The fourth-order valence-corrected chi connectivity index (χ4v) is 2.82. The van der Waals surface area contributed by atoms with E-state index in [2.05, 4.69) is 0 Å². The second-order valence-corrected chi connectivity index (χ2v) is 6.49. The molecule has 0 spiro atoms. The van der Waals surface area contributed by atoms with Crippen LogP contribution in [0.15, 0.2) is 42.5 Å². The number of ketones is 1. The van der Waals surface area contributed by atoms with E-state index in [0.29, 0.717) is 5.56 Å². The van der Waals surface area contributed by atoms with Crippen LogP contribution in [0, 0.1) is 5.92 Å². The average Bonchev–Trinajstić information content (AvgIpc) is 3.45. The molecule has 27 heavy (non-hydrogen) atoms. The highest BCUT2D eigenvalue weighted by molar-refractivity contribution is 5.93. The minimum atomic E-state index is -4.50. The molecule has 0 bridgehead atoms. The third-order valence-corrected chi connectivity index (χ3v) is 4.43. The van der Waals surface area contributed by atoms with Gasteiger partial charge in [-0.25, -0.2) is 4.79 Å². The highest BCUT2D eigenvalue weighted by atomic mass is 19.4. The summed E-state index contributed by atoms with van der Waals surface area (Å²) in [5.74, 6) is -1.06. The lowest BCUT2D eigenvalue weighted by molar-refractivity contribution is -0.138. The Kier molecular flexibility index (Phi) is 5.21. The highest BCUT2D eigenvalue weighted by Crippen LogP contribution is 2.33. The molecule has 3 rings (SSSR count). The summed E-state index contributed by atoms with van der Waals surface area (Å²) in [5.41, 5.74) is -0.544. The lowest BCUT2D eigenvalue weighted by atomic mass is 10.00. The van der Waals surface area contributed by atoms with Crippen LogP contribution in [0.3, 0.4) is 0 Å². The van der Waals surface area contributed by atoms with Crippen LogP contribution in [-0.2, 0) is 24.0 Å². The van der Waals surface area contributed by atoms with Gasteiger partial charge in [0.2, 0.25) is 0 Å². The Bertz CT molecular complexity index is 870. The number of alkyl halides is 3. The molecular formula is C20H17F3O4. The zero-order chi connectivity index (χ0) is 19.6. The van der Waals surface area contributed by atoms with Crippen molar-refractivity contribution in [3.05, 3.63) is 64.7 Å². The summed E-state index contributed by atoms with van der Waals surface area (Å²) in [4.78, 5) is 23.4. The Morgan fingerprint density at radius 2 is 1.78 bits per heavy atom. The van der Waals surface area contributed by atoms with Crippen LogP contribution in [0.5, 0.6) is 5.75 Å². The van der Waals surface area contributed by atoms with Gasteiger partial charge in [0.15, 0.2) is 0 Å². The molecule has 0 aromatic heterocycles. The van der Waals surface area contributed by atoms with Gasteiger partial charge in [-0.3, -0.25) is 4.79 Å². The number of halogens is 3. The number of hydrogen-bond acceptors (Lipinski definition) is 3. The highest BCUT2D eigenvalue weighted by Gasteiger charge is 2.33. The van der Waals surface area contributed by atoms with E-state index in [1.807, 2.05) is 0 Å². The summed E-state index contributed by atoms with van der Waals surface area (Å²) in [7, 11) is 0. The predicted molar refractivity (Wildman–Crippen MR) is 90.6 cm³/mol. The average molecular weight is 378 g/mol.